The predicted octanol–water partition coefficient (Wildman–Crippen LogP) is 4.88. The molecule has 1 atom stereocenters. The van der Waals surface area contributed by atoms with Gasteiger partial charge in [0.25, 0.3) is 0 Å². The Morgan fingerprint density at radius 3 is 2.23 bits per heavy atom. The van der Waals surface area contributed by atoms with Crippen molar-refractivity contribution in [1.82, 2.24) is 4.90 Å². The molecule has 1 aromatic rings. The molecule has 0 spiro atoms. The lowest BCUT2D eigenvalue weighted by molar-refractivity contribution is -0.137. The highest BCUT2D eigenvalue weighted by Gasteiger charge is 2.69. The number of carbonyl (C=O) groups excluding carboxylic acids is 1. The van der Waals surface area contributed by atoms with Crippen molar-refractivity contribution in [3.63, 3.8) is 0 Å². The first kappa shape index (κ1) is 16.1. The summed E-state index contributed by atoms with van der Waals surface area (Å²) in [5, 5.41) is 0. The van der Waals surface area contributed by atoms with Crippen LogP contribution < -0.4 is 0 Å². The molecule has 22 heavy (non-hydrogen) atoms. The third-order valence-corrected chi connectivity index (χ3v) is 6.08. The first-order chi connectivity index (χ1) is 10.2. The SMILES string of the molecule is CC(C)c1ccc(CN(C(=O)C2(C)CC2(Cl)Cl)C2CC2)cc1. The molecule has 1 unspecified atom stereocenters. The quantitative estimate of drug-likeness (QED) is 0.699. The van der Waals surface area contributed by atoms with Gasteiger partial charge in [-0.25, -0.2) is 0 Å². The van der Waals surface area contributed by atoms with Gasteiger partial charge in [-0.15, -0.1) is 23.2 Å². The lowest BCUT2D eigenvalue weighted by Gasteiger charge is -2.27. The van der Waals surface area contributed by atoms with Crippen molar-refractivity contribution >= 4 is 29.1 Å². The summed E-state index contributed by atoms with van der Waals surface area (Å²) in [5.41, 5.74) is 1.88. The van der Waals surface area contributed by atoms with E-state index in [1.807, 2.05) is 11.8 Å². The summed E-state index contributed by atoms with van der Waals surface area (Å²) < 4.78 is -0.890. The fourth-order valence-corrected chi connectivity index (χ4v) is 3.60. The van der Waals surface area contributed by atoms with Crippen LogP contribution in [0, 0.1) is 5.41 Å². The molecule has 120 valence electrons. The van der Waals surface area contributed by atoms with Crippen LogP contribution in [0.1, 0.15) is 57.1 Å². The lowest BCUT2D eigenvalue weighted by atomic mass is 10.0. The van der Waals surface area contributed by atoms with Crippen LogP contribution in [-0.2, 0) is 11.3 Å². The minimum absolute atomic E-state index is 0.105. The Labute approximate surface area is 142 Å². The van der Waals surface area contributed by atoms with Crippen molar-refractivity contribution < 1.29 is 4.79 Å². The normalized spacial score (nSPS) is 26.1. The molecule has 3 rings (SSSR count). The van der Waals surface area contributed by atoms with E-state index in [0.717, 1.165) is 12.8 Å². The van der Waals surface area contributed by atoms with E-state index in [4.69, 9.17) is 23.2 Å². The Morgan fingerprint density at radius 1 is 1.27 bits per heavy atom. The molecule has 0 radical (unpaired) electrons. The van der Waals surface area contributed by atoms with Gasteiger partial charge in [0.1, 0.15) is 4.33 Å². The molecule has 0 aliphatic heterocycles. The van der Waals surface area contributed by atoms with Crippen molar-refractivity contribution in [3.8, 4) is 0 Å². The molecule has 2 saturated carbocycles. The van der Waals surface area contributed by atoms with Gasteiger partial charge >= 0.3 is 0 Å². The van der Waals surface area contributed by atoms with Gasteiger partial charge in [0.2, 0.25) is 5.91 Å². The molecule has 2 aliphatic carbocycles. The molecule has 1 aromatic carbocycles. The molecular weight excluding hydrogens is 317 g/mol. The summed E-state index contributed by atoms with van der Waals surface area (Å²) in [6, 6.07) is 8.92. The van der Waals surface area contributed by atoms with Gasteiger partial charge in [0.15, 0.2) is 0 Å². The van der Waals surface area contributed by atoms with E-state index >= 15 is 0 Å². The van der Waals surface area contributed by atoms with Crippen molar-refractivity contribution in [2.24, 2.45) is 5.41 Å². The molecular formula is C18H23Cl2NO. The van der Waals surface area contributed by atoms with E-state index in [9.17, 15) is 4.79 Å². The van der Waals surface area contributed by atoms with Crippen molar-refractivity contribution in [1.29, 1.82) is 0 Å². The van der Waals surface area contributed by atoms with Crippen LogP contribution >= 0.6 is 23.2 Å². The Morgan fingerprint density at radius 2 is 1.82 bits per heavy atom. The number of benzene rings is 1. The van der Waals surface area contributed by atoms with Crippen molar-refractivity contribution in [2.45, 2.75) is 62.9 Å². The molecule has 2 fully saturated rings. The van der Waals surface area contributed by atoms with Crippen LogP contribution in [0.15, 0.2) is 24.3 Å². The minimum Gasteiger partial charge on any atom is -0.335 e. The van der Waals surface area contributed by atoms with Crippen LogP contribution in [0.5, 0.6) is 0 Å². The highest BCUT2D eigenvalue weighted by Crippen LogP contribution is 2.65. The zero-order chi connectivity index (χ0) is 16.1. The van der Waals surface area contributed by atoms with Gasteiger partial charge in [-0.3, -0.25) is 4.79 Å². The van der Waals surface area contributed by atoms with Crippen LogP contribution in [0.4, 0.5) is 0 Å². The molecule has 0 bridgehead atoms. The lowest BCUT2D eigenvalue weighted by Crippen LogP contribution is -2.39. The van der Waals surface area contributed by atoms with E-state index in [2.05, 4.69) is 38.1 Å². The van der Waals surface area contributed by atoms with Gasteiger partial charge in [-0.05, 0) is 43.2 Å². The number of alkyl halides is 2. The number of hydrogen-bond donors (Lipinski definition) is 0. The standard InChI is InChI=1S/C18H23Cl2NO/c1-12(2)14-6-4-13(5-7-14)10-21(15-8-9-15)16(22)17(3)11-18(17,19)20/h4-7,12,15H,8-11H2,1-3H3. The van der Waals surface area contributed by atoms with Gasteiger partial charge in [0.05, 0.1) is 5.41 Å². The molecule has 0 N–H and O–H groups in total. The van der Waals surface area contributed by atoms with E-state index in [1.165, 1.54) is 11.1 Å². The summed E-state index contributed by atoms with van der Waals surface area (Å²) in [6.45, 7) is 6.90. The van der Waals surface area contributed by atoms with E-state index in [1.54, 1.807) is 0 Å². The predicted molar refractivity (Wildman–Crippen MR) is 91.3 cm³/mol. The summed E-state index contributed by atoms with van der Waals surface area (Å²) in [6.07, 6.45) is 2.73. The summed E-state index contributed by atoms with van der Waals surface area (Å²) in [7, 11) is 0. The highest BCUT2D eigenvalue weighted by molar-refractivity contribution is 6.53. The number of carbonyl (C=O) groups is 1. The minimum atomic E-state index is -0.890. The average Bonchev–Trinajstić information content (AvgIpc) is 3.35. The Kier molecular flexibility index (Phi) is 3.98. The van der Waals surface area contributed by atoms with E-state index in [0.29, 0.717) is 24.9 Å². The van der Waals surface area contributed by atoms with Gasteiger partial charge in [0, 0.05) is 12.6 Å². The summed E-state index contributed by atoms with van der Waals surface area (Å²) in [4.78, 5) is 14.8. The maximum atomic E-state index is 12.9. The van der Waals surface area contributed by atoms with Crippen LogP contribution in [0.3, 0.4) is 0 Å². The molecule has 2 aliphatic rings. The first-order valence-electron chi connectivity index (χ1n) is 8.02. The number of amides is 1. The maximum Gasteiger partial charge on any atom is 0.232 e. The monoisotopic (exact) mass is 339 g/mol. The highest BCUT2D eigenvalue weighted by atomic mass is 35.5. The average molecular weight is 340 g/mol. The summed E-state index contributed by atoms with van der Waals surface area (Å²) in [5.74, 6) is 0.627. The van der Waals surface area contributed by atoms with Gasteiger partial charge in [-0.2, -0.15) is 0 Å². The first-order valence-corrected chi connectivity index (χ1v) is 8.78. The summed E-state index contributed by atoms with van der Waals surface area (Å²) >= 11 is 12.4. The topological polar surface area (TPSA) is 20.3 Å². The van der Waals surface area contributed by atoms with Crippen LogP contribution in [0.2, 0.25) is 0 Å². The van der Waals surface area contributed by atoms with Crippen LogP contribution in [0.25, 0.3) is 0 Å². The number of hydrogen-bond acceptors (Lipinski definition) is 1. The van der Waals surface area contributed by atoms with Crippen LogP contribution in [-0.4, -0.2) is 21.2 Å². The van der Waals surface area contributed by atoms with Gasteiger partial charge in [-0.1, -0.05) is 38.1 Å². The zero-order valence-corrected chi connectivity index (χ0v) is 14.9. The van der Waals surface area contributed by atoms with Crippen molar-refractivity contribution in [2.75, 3.05) is 0 Å². The largest absolute Gasteiger partial charge is 0.335 e. The zero-order valence-electron chi connectivity index (χ0n) is 13.4. The number of rotatable bonds is 5. The fourth-order valence-electron chi connectivity index (χ4n) is 2.91. The molecule has 0 heterocycles. The molecule has 0 saturated heterocycles. The molecule has 1 amide bonds. The second-order valence-electron chi connectivity index (χ2n) is 7.27. The Balaban J connectivity index is 1.74. The number of nitrogens with zero attached hydrogens (tertiary/aromatic N) is 1. The second-order valence-corrected chi connectivity index (χ2v) is 8.76. The molecule has 2 nitrogen and oxygen atoms in total. The molecule has 0 aromatic heterocycles. The Hall–Kier alpha value is -0.730. The second kappa shape index (κ2) is 5.42. The van der Waals surface area contributed by atoms with Crippen molar-refractivity contribution in [3.05, 3.63) is 35.4 Å². The van der Waals surface area contributed by atoms with Gasteiger partial charge < -0.3 is 4.90 Å². The smallest absolute Gasteiger partial charge is 0.232 e. The third-order valence-electron chi connectivity index (χ3n) is 4.98. The fraction of sp³-hybridized carbons (Fsp3) is 0.611. The number of halogens is 2. The Bertz CT molecular complexity index is 577. The van der Waals surface area contributed by atoms with E-state index < -0.39 is 9.75 Å². The van der Waals surface area contributed by atoms with E-state index in [-0.39, 0.29) is 5.91 Å². The molecule has 4 heteroatoms. The third kappa shape index (κ3) is 2.88. The maximum absolute atomic E-state index is 12.9.